The molecule has 1 amide bonds. The van der Waals surface area contributed by atoms with Crippen LogP contribution in [0.1, 0.15) is 6.92 Å². The van der Waals surface area contributed by atoms with Crippen molar-refractivity contribution in [3.8, 4) is 0 Å². The number of halogens is 1. The highest BCUT2D eigenvalue weighted by Crippen LogP contribution is 2.21. The summed E-state index contributed by atoms with van der Waals surface area (Å²) in [4.78, 5) is 14.3. The summed E-state index contributed by atoms with van der Waals surface area (Å²) in [5, 5.41) is 2.56. The van der Waals surface area contributed by atoms with E-state index in [0.29, 0.717) is 0 Å². The lowest BCUT2D eigenvalue weighted by Gasteiger charge is -2.08. The first kappa shape index (κ1) is 15.6. The first-order valence-corrected chi connectivity index (χ1v) is 7.09. The molecule has 0 aromatic carbocycles. The van der Waals surface area contributed by atoms with E-state index in [9.17, 15) is 13.2 Å². The minimum atomic E-state index is -3.72. The molecule has 1 rings (SSSR count). The van der Waals surface area contributed by atoms with Gasteiger partial charge in [0.1, 0.15) is 4.90 Å². The zero-order valence-corrected chi connectivity index (χ0v) is 11.7. The minimum absolute atomic E-state index is 0.0659. The number of sulfonamides is 1. The lowest BCUT2D eigenvalue weighted by molar-refractivity contribution is -0.118. The average molecular weight is 308 g/mol. The number of anilines is 1. The molecule has 106 valence electrons. The fourth-order valence-electron chi connectivity index (χ4n) is 1.18. The molecule has 0 radical (unpaired) electrons. The fraction of sp³-hybridized carbons (Fsp3) is 0.333. The summed E-state index contributed by atoms with van der Waals surface area (Å²) in [7, 11) is -3.72. The molecule has 0 aliphatic rings. The average Bonchev–Trinajstić information content (AvgIpc) is 2.34. The normalized spacial score (nSPS) is 11.1. The Bertz CT molecular complexity index is 563. The summed E-state index contributed by atoms with van der Waals surface area (Å²) < 4.78 is 26.0. The number of amides is 1. The molecule has 0 atom stereocenters. The second-order valence-corrected chi connectivity index (χ2v) is 5.70. The van der Waals surface area contributed by atoms with Crippen LogP contribution in [0.25, 0.3) is 0 Å². The molecule has 0 unspecified atom stereocenters. The van der Waals surface area contributed by atoms with Crippen LogP contribution in [0.4, 0.5) is 5.82 Å². The van der Waals surface area contributed by atoms with E-state index in [0.717, 1.165) is 6.20 Å². The molecule has 0 fully saturated rings. The SMILES string of the molecule is CC(=O)NCCNS(=O)(=O)c1cnc(NN)c(Cl)c1. The molecule has 0 saturated carbocycles. The first-order valence-electron chi connectivity index (χ1n) is 5.23. The van der Waals surface area contributed by atoms with Gasteiger partial charge in [-0.1, -0.05) is 11.6 Å². The van der Waals surface area contributed by atoms with E-state index in [4.69, 9.17) is 17.4 Å². The summed E-state index contributed by atoms with van der Waals surface area (Å²) in [6, 6.07) is 1.23. The van der Waals surface area contributed by atoms with Crippen LogP contribution >= 0.6 is 11.6 Å². The molecule has 0 spiro atoms. The van der Waals surface area contributed by atoms with E-state index in [2.05, 4.69) is 20.4 Å². The zero-order chi connectivity index (χ0) is 14.5. The minimum Gasteiger partial charge on any atom is -0.355 e. The Labute approximate surface area is 115 Å². The molecule has 8 nitrogen and oxygen atoms in total. The highest BCUT2D eigenvalue weighted by molar-refractivity contribution is 7.89. The lowest BCUT2D eigenvalue weighted by Crippen LogP contribution is -2.33. The molecule has 1 heterocycles. The summed E-state index contributed by atoms with van der Waals surface area (Å²) in [6.45, 7) is 1.60. The van der Waals surface area contributed by atoms with Gasteiger partial charge in [0.25, 0.3) is 0 Å². The molecule has 19 heavy (non-hydrogen) atoms. The number of hydrogen-bond acceptors (Lipinski definition) is 6. The standard InChI is InChI=1S/C9H14ClN5O3S/c1-6(16)12-2-3-14-19(17,18)7-4-8(10)9(15-11)13-5-7/h4-5,14H,2-3,11H2,1H3,(H,12,16)(H,13,15). The largest absolute Gasteiger partial charge is 0.355 e. The molecule has 5 N–H and O–H groups in total. The number of carbonyl (C=O) groups is 1. The molecule has 0 bridgehead atoms. The van der Waals surface area contributed by atoms with Crippen LogP contribution in [-0.2, 0) is 14.8 Å². The van der Waals surface area contributed by atoms with Gasteiger partial charge < -0.3 is 10.7 Å². The summed E-state index contributed by atoms with van der Waals surface area (Å²) in [5.74, 6) is 5.08. The number of hydrazine groups is 1. The van der Waals surface area contributed by atoms with E-state index >= 15 is 0 Å². The zero-order valence-electron chi connectivity index (χ0n) is 10.1. The van der Waals surface area contributed by atoms with Gasteiger partial charge >= 0.3 is 0 Å². The number of nitrogens with zero attached hydrogens (tertiary/aromatic N) is 1. The van der Waals surface area contributed by atoms with Crippen molar-refractivity contribution in [1.29, 1.82) is 0 Å². The van der Waals surface area contributed by atoms with Crippen LogP contribution in [0.3, 0.4) is 0 Å². The van der Waals surface area contributed by atoms with E-state index in [1.165, 1.54) is 13.0 Å². The van der Waals surface area contributed by atoms with E-state index < -0.39 is 10.0 Å². The van der Waals surface area contributed by atoms with Crippen LogP contribution < -0.4 is 21.3 Å². The smallest absolute Gasteiger partial charge is 0.242 e. The predicted octanol–water partition coefficient (Wildman–Crippen LogP) is -0.565. The topological polar surface area (TPSA) is 126 Å². The third-order valence-corrected chi connectivity index (χ3v) is 3.77. The first-order chi connectivity index (χ1) is 8.86. The van der Waals surface area contributed by atoms with Crippen LogP contribution in [0, 0.1) is 0 Å². The van der Waals surface area contributed by atoms with Crippen molar-refractivity contribution in [2.75, 3.05) is 18.5 Å². The van der Waals surface area contributed by atoms with Crippen molar-refractivity contribution < 1.29 is 13.2 Å². The molecule has 0 saturated heterocycles. The Morgan fingerprint density at radius 2 is 2.16 bits per heavy atom. The number of carbonyl (C=O) groups excluding carboxylic acids is 1. The van der Waals surface area contributed by atoms with E-state index in [-0.39, 0.29) is 34.7 Å². The van der Waals surface area contributed by atoms with Gasteiger partial charge in [0.15, 0.2) is 5.82 Å². The van der Waals surface area contributed by atoms with Crippen molar-refractivity contribution >= 4 is 33.3 Å². The van der Waals surface area contributed by atoms with Crippen molar-refractivity contribution in [1.82, 2.24) is 15.0 Å². The summed E-state index contributed by atoms with van der Waals surface area (Å²) in [5.41, 5.74) is 2.23. The van der Waals surface area contributed by atoms with Crippen molar-refractivity contribution in [3.63, 3.8) is 0 Å². The maximum atomic E-state index is 11.9. The van der Waals surface area contributed by atoms with Gasteiger partial charge in [-0.05, 0) is 6.07 Å². The van der Waals surface area contributed by atoms with Crippen molar-refractivity contribution in [2.24, 2.45) is 5.84 Å². The van der Waals surface area contributed by atoms with Gasteiger partial charge in [0, 0.05) is 26.2 Å². The van der Waals surface area contributed by atoms with Gasteiger partial charge in [-0.15, -0.1) is 0 Å². The third-order valence-electron chi connectivity index (χ3n) is 2.05. The third kappa shape index (κ3) is 4.63. The summed E-state index contributed by atoms with van der Waals surface area (Å²) in [6.07, 6.45) is 1.13. The molecule has 0 aliphatic carbocycles. The van der Waals surface area contributed by atoms with Crippen LogP contribution in [0.5, 0.6) is 0 Å². The number of pyridine rings is 1. The van der Waals surface area contributed by atoms with E-state index in [1.54, 1.807) is 0 Å². The van der Waals surface area contributed by atoms with E-state index in [1.807, 2.05) is 0 Å². The Hall–Kier alpha value is -1.42. The molecular weight excluding hydrogens is 294 g/mol. The number of hydrogen-bond donors (Lipinski definition) is 4. The molecule has 1 aromatic rings. The molecule has 1 aromatic heterocycles. The Morgan fingerprint density at radius 3 is 2.68 bits per heavy atom. The van der Waals surface area contributed by atoms with Crippen LogP contribution in [0.15, 0.2) is 17.2 Å². The fourth-order valence-corrected chi connectivity index (χ4v) is 2.47. The van der Waals surface area contributed by atoms with Gasteiger partial charge in [0.05, 0.1) is 5.02 Å². The maximum Gasteiger partial charge on any atom is 0.242 e. The number of nitrogen functional groups attached to an aromatic ring is 1. The Morgan fingerprint density at radius 1 is 1.47 bits per heavy atom. The number of rotatable bonds is 6. The second-order valence-electron chi connectivity index (χ2n) is 3.53. The number of nitrogens with one attached hydrogen (secondary N) is 3. The highest BCUT2D eigenvalue weighted by atomic mass is 35.5. The lowest BCUT2D eigenvalue weighted by atomic mass is 10.5. The van der Waals surface area contributed by atoms with Gasteiger partial charge in [-0.3, -0.25) is 4.79 Å². The second kappa shape index (κ2) is 6.66. The summed E-state index contributed by atoms with van der Waals surface area (Å²) >= 11 is 5.78. The van der Waals surface area contributed by atoms with Crippen molar-refractivity contribution in [3.05, 3.63) is 17.3 Å². The van der Waals surface area contributed by atoms with Gasteiger partial charge in [0.2, 0.25) is 15.9 Å². The molecule has 10 heteroatoms. The van der Waals surface area contributed by atoms with Gasteiger partial charge in [-0.2, -0.15) is 0 Å². The number of aromatic nitrogens is 1. The predicted molar refractivity (Wildman–Crippen MR) is 70.9 cm³/mol. The Balaban J connectivity index is 2.72. The van der Waals surface area contributed by atoms with Crippen molar-refractivity contribution in [2.45, 2.75) is 11.8 Å². The maximum absolute atomic E-state index is 11.9. The van der Waals surface area contributed by atoms with Crippen LogP contribution in [-0.4, -0.2) is 32.4 Å². The quantitative estimate of drug-likeness (QED) is 0.317. The monoisotopic (exact) mass is 307 g/mol. The highest BCUT2D eigenvalue weighted by Gasteiger charge is 2.15. The molecule has 0 aliphatic heterocycles. The molecular formula is C9H14ClN5O3S. The van der Waals surface area contributed by atoms with Crippen LogP contribution in [0.2, 0.25) is 5.02 Å². The van der Waals surface area contributed by atoms with Gasteiger partial charge in [-0.25, -0.2) is 24.0 Å². The number of nitrogens with two attached hydrogens (primary N) is 1. The Kier molecular flexibility index (Phi) is 5.48.